The fraction of sp³-hybridized carbons (Fsp3) is 0.609. The molecule has 0 spiro atoms. The van der Waals surface area contributed by atoms with Crippen molar-refractivity contribution in [2.45, 2.75) is 38.6 Å². The van der Waals surface area contributed by atoms with Crippen molar-refractivity contribution in [1.82, 2.24) is 19.9 Å². The Bertz CT molecular complexity index is 928. The molecule has 1 aromatic carbocycles. The molecule has 4 rings (SSSR count). The Morgan fingerprint density at radius 2 is 2.06 bits per heavy atom. The Morgan fingerprint density at radius 1 is 1.24 bits per heavy atom. The number of anilines is 4. The molecule has 8 nitrogen and oxygen atoms in total. The number of nitrogens with two attached hydrogens (primary N) is 1. The number of halogens is 1. The van der Waals surface area contributed by atoms with Gasteiger partial charge in [-0.1, -0.05) is 6.92 Å². The number of hydrogen-bond donors (Lipinski definition) is 2. The molecule has 2 fully saturated rings. The van der Waals surface area contributed by atoms with E-state index in [0.29, 0.717) is 36.1 Å². The third-order valence-corrected chi connectivity index (χ3v) is 7.57. The van der Waals surface area contributed by atoms with Gasteiger partial charge < -0.3 is 20.7 Å². The van der Waals surface area contributed by atoms with Crippen molar-refractivity contribution in [3.8, 4) is 5.75 Å². The molecule has 0 radical (unpaired) electrons. The second-order valence-corrected chi connectivity index (χ2v) is 9.83. The first-order valence-electron chi connectivity index (χ1n) is 11.8. The highest BCUT2D eigenvalue weighted by Gasteiger charge is 2.28. The van der Waals surface area contributed by atoms with Crippen LogP contribution in [-0.4, -0.2) is 70.7 Å². The number of nitrogens with one attached hydrogen (secondary N) is 1. The van der Waals surface area contributed by atoms with Gasteiger partial charge in [-0.25, -0.2) is 4.39 Å². The lowest BCUT2D eigenvalue weighted by Gasteiger charge is -2.30. The summed E-state index contributed by atoms with van der Waals surface area (Å²) in [5.41, 5.74) is 6.75. The molecule has 180 valence electrons. The first-order chi connectivity index (χ1) is 16.1. The van der Waals surface area contributed by atoms with E-state index in [9.17, 15) is 4.39 Å². The quantitative estimate of drug-likeness (QED) is 0.562. The highest BCUT2D eigenvalue weighted by Crippen LogP contribution is 2.31. The summed E-state index contributed by atoms with van der Waals surface area (Å²) >= 11 is 2.01. The van der Waals surface area contributed by atoms with E-state index >= 15 is 0 Å². The summed E-state index contributed by atoms with van der Waals surface area (Å²) in [6.07, 6.45) is 4.61. The van der Waals surface area contributed by atoms with Crippen LogP contribution in [0.2, 0.25) is 0 Å². The maximum atomic E-state index is 14.6. The molecule has 0 saturated carbocycles. The summed E-state index contributed by atoms with van der Waals surface area (Å²) in [7, 11) is 1.46. The SMILES string of the molecule is CCN1CCCC1CN(c1ccc(OC)c(F)c1)c1nc(N)nc(NCC2CCSCC2)n1. The van der Waals surface area contributed by atoms with Gasteiger partial charge in [-0.05, 0) is 68.3 Å². The van der Waals surface area contributed by atoms with Crippen molar-refractivity contribution in [3.63, 3.8) is 0 Å². The highest BCUT2D eigenvalue weighted by atomic mass is 32.2. The predicted molar refractivity (Wildman–Crippen MR) is 133 cm³/mol. The first kappa shape index (κ1) is 23.8. The molecule has 0 aliphatic carbocycles. The van der Waals surface area contributed by atoms with Crippen molar-refractivity contribution in [1.29, 1.82) is 0 Å². The normalized spacial score (nSPS) is 19.5. The van der Waals surface area contributed by atoms with Crippen LogP contribution >= 0.6 is 11.8 Å². The van der Waals surface area contributed by atoms with Gasteiger partial charge in [0, 0.05) is 30.9 Å². The molecule has 0 amide bonds. The highest BCUT2D eigenvalue weighted by molar-refractivity contribution is 7.99. The maximum absolute atomic E-state index is 14.6. The summed E-state index contributed by atoms with van der Waals surface area (Å²) in [6, 6.07) is 5.26. The number of likely N-dealkylation sites (N-methyl/N-ethyl adjacent to an activating group) is 1. The molecule has 33 heavy (non-hydrogen) atoms. The number of hydrogen-bond acceptors (Lipinski definition) is 9. The van der Waals surface area contributed by atoms with E-state index in [-0.39, 0.29) is 11.7 Å². The van der Waals surface area contributed by atoms with Crippen LogP contribution < -0.4 is 20.7 Å². The standard InChI is InChI=1S/C23H34FN7OS/c1-3-30-10-4-5-18(30)15-31(17-6-7-20(32-2)19(24)13-17)23-28-21(25)27-22(29-23)26-14-16-8-11-33-12-9-16/h6-7,13,16,18H,3-5,8-12,14-15H2,1-2H3,(H3,25,26,27,28,29). The molecular weight excluding hydrogens is 441 g/mol. The van der Waals surface area contributed by atoms with Gasteiger partial charge in [-0.15, -0.1) is 0 Å². The Hall–Kier alpha value is -2.33. The van der Waals surface area contributed by atoms with Gasteiger partial charge in [0.1, 0.15) is 0 Å². The Morgan fingerprint density at radius 3 is 2.79 bits per heavy atom. The van der Waals surface area contributed by atoms with E-state index in [2.05, 4.69) is 27.1 Å². The molecule has 2 aliphatic heterocycles. The molecule has 1 unspecified atom stereocenters. The van der Waals surface area contributed by atoms with E-state index in [1.807, 2.05) is 22.7 Å². The van der Waals surface area contributed by atoms with Gasteiger partial charge in [0.25, 0.3) is 0 Å². The van der Waals surface area contributed by atoms with Crippen molar-refractivity contribution < 1.29 is 9.13 Å². The molecule has 3 heterocycles. The molecule has 3 N–H and O–H groups in total. The summed E-state index contributed by atoms with van der Waals surface area (Å²) in [6.45, 7) is 5.66. The first-order valence-corrected chi connectivity index (χ1v) is 12.9. The molecule has 1 aromatic heterocycles. The molecule has 10 heteroatoms. The van der Waals surface area contributed by atoms with Crippen LogP contribution in [0.15, 0.2) is 18.2 Å². The van der Waals surface area contributed by atoms with E-state index in [1.54, 1.807) is 6.07 Å². The zero-order valence-corrected chi connectivity index (χ0v) is 20.3. The fourth-order valence-electron chi connectivity index (χ4n) is 4.62. The van der Waals surface area contributed by atoms with Gasteiger partial charge in [0.15, 0.2) is 11.6 Å². The number of ether oxygens (including phenoxy) is 1. The summed E-state index contributed by atoms with van der Waals surface area (Å²) in [4.78, 5) is 17.8. The van der Waals surface area contributed by atoms with Gasteiger partial charge in [-0.3, -0.25) is 4.90 Å². The Balaban J connectivity index is 1.61. The minimum Gasteiger partial charge on any atom is -0.494 e. The van der Waals surface area contributed by atoms with Crippen molar-refractivity contribution in [2.75, 3.05) is 60.7 Å². The lowest BCUT2D eigenvalue weighted by atomic mass is 10.0. The van der Waals surface area contributed by atoms with Gasteiger partial charge in [0.05, 0.1) is 7.11 Å². The number of methoxy groups -OCH3 is 1. The predicted octanol–water partition coefficient (Wildman–Crippen LogP) is 3.78. The number of nitrogen functional groups attached to an aromatic ring is 1. The monoisotopic (exact) mass is 475 g/mol. The van der Waals surface area contributed by atoms with Crippen molar-refractivity contribution in [2.24, 2.45) is 5.92 Å². The maximum Gasteiger partial charge on any atom is 0.236 e. The van der Waals surface area contributed by atoms with Crippen LogP contribution in [0.3, 0.4) is 0 Å². The molecule has 0 bridgehead atoms. The number of thioether (sulfide) groups is 1. The zero-order valence-electron chi connectivity index (χ0n) is 19.5. The van der Waals surface area contributed by atoms with Crippen LogP contribution in [0.5, 0.6) is 5.75 Å². The van der Waals surface area contributed by atoms with Crippen LogP contribution in [0.4, 0.5) is 27.9 Å². The van der Waals surface area contributed by atoms with E-state index in [4.69, 9.17) is 15.5 Å². The van der Waals surface area contributed by atoms with Gasteiger partial charge in [-0.2, -0.15) is 26.7 Å². The molecular formula is C23H34FN7OS. The minimum atomic E-state index is -0.422. The number of aromatic nitrogens is 3. The summed E-state index contributed by atoms with van der Waals surface area (Å²) < 4.78 is 19.7. The van der Waals surface area contributed by atoms with E-state index in [0.717, 1.165) is 32.5 Å². The topological polar surface area (TPSA) is 92.4 Å². The Labute approximate surface area is 199 Å². The number of benzene rings is 1. The second-order valence-electron chi connectivity index (χ2n) is 8.61. The summed E-state index contributed by atoms with van der Waals surface area (Å²) in [5.74, 6) is 3.83. The van der Waals surface area contributed by atoms with Crippen LogP contribution in [-0.2, 0) is 0 Å². The zero-order chi connectivity index (χ0) is 23.2. The van der Waals surface area contributed by atoms with Crippen LogP contribution in [0.25, 0.3) is 0 Å². The average molecular weight is 476 g/mol. The Kier molecular flexibility index (Phi) is 8.08. The minimum absolute atomic E-state index is 0.152. The fourth-order valence-corrected chi connectivity index (χ4v) is 5.83. The summed E-state index contributed by atoms with van der Waals surface area (Å²) in [5, 5.41) is 3.36. The van der Waals surface area contributed by atoms with Crippen LogP contribution in [0.1, 0.15) is 32.6 Å². The smallest absolute Gasteiger partial charge is 0.236 e. The third kappa shape index (κ3) is 5.97. The second kappa shape index (κ2) is 11.2. The third-order valence-electron chi connectivity index (χ3n) is 6.52. The van der Waals surface area contributed by atoms with Crippen molar-refractivity contribution >= 4 is 35.3 Å². The molecule has 1 atom stereocenters. The molecule has 2 aliphatic rings. The van der Waals surface area contributed by atoms with Crippen LogP contribution in [0, 0.1) is 11.7 Å². The van der Waals surface area contributed by atoms with Gasteiger partial charge in [0.2, 0.25) is 17.8 Å². The van der Waals surface area contributed by atoms with E-state index in [1.165, 1.54) is 37.5 Å². The van der Waals surface area contributed by atoms with Crippen molar-refractivity contribution in [3.05, 3.63) is 24.0 Å². The molecule has 2 saturated heterocycles. The number of nitrogens with zero attached hydrogens (tertiary/aromatic N) is 5. The van der Waals surface area contributed by atoms with Gasteiger partial charge >= 0.3 is 0 Å². The lowest BCUT2D eigenvalue weighted by molar-refractivity contribution is 0.271. The number of likely N-dealkylation sites (tertiary alicyclic amines) is 1. The average Bonchev–Trinajstić information content (AvgIpc) is 3.29. The lowest BCUT2D eigenvalue weighted by Crippen LogP contribution is -2.39. The molecule has 2 aromatic rings. The van der Waals surface area contributed by atoms with E-state index < -0.39 is 5.82 Å². The number of rotatable bonds is 9. The largest absolute Gasteiger partial charge is 0.494 e.